The maximum Gasteiger partial charge on any atom is -0.0149 e. The molecule has 18 heavy (non-hydrogen) atoms. The summed E-state index contributed by atoms with van der Waals surface area (Å²) in [6.45, 7) is 9.21. The van der Waals surface area contributed by atoms with Gasteiger partial charge in [-0.1, -0.05) is 64.1 Å². The number of rotatable bonds is 4. The summed E-state index contributed by atoms with van der Waals surface area (Å²) in [4.78, 5) is 0. The van der Waals surface area contributed by atoms with Crippen molar-refractivity contribution in [1.29, 1.82) is 0 Å². The van der Waals surface area contributed by atoms with Gasteiger partial charge >= 0.3 is 0 Å². The fourth-order valence-electron chi connectivity index (χ4n) is 2.49. The molecule has 0 aliphatic heterocycles. The van der Waals surface area contributed by atoms with Crippen molar-refractivity contribution in [3.05, 3.63) is 47.5 Å². The Morgan fingerprint density at radius 1 is 0.833 bits per heavy atom. The van der Waals surface area contributed by atoms with E-state index in [4.69, 9.17) is 0 Å². The Morgan fingerprint density at radius 2 is 1.39 bits per heavy atom. The van der Waals surface area contributed by atoms with Crippen molar-refractivity contribution in [2.24, 2.45) is 11.8 Å². The van der Waals surface area contributed by atoms with Crippen molar-refractivity contribution in [2.45, 2.75) is 40.5 Å². The minimum atomic E-state index is 0.737. The van der Waals surface area contributed by atoms with Gasteiger partial charge in [0.25, 0.3) is 0 Å². The molecule has 0 fully saturated rings. The fraction of sp³-hybridized carbons (Fsp3) is 0.444. The van der Waals surface area contributed by atoms with E-state index in [1.165, 1.54) is 28.3 Å². The van der Waals surface area contributed by atoms with Gasteiger partial charge in [0.1, 0.15) is 0 Å². The van der Waals surface area contributed by atoms with E-state index >= 15 is 0 Å². The molecule has 0 heteroatoms. The highest BCUT2D eigenvalue weighted by molar-refractivity contribution is 5.88. The van der Waals surface area contributed by atoms with E-state index in [2.05, 4.69) is 64.1 Å². The maximum absolute atomic E-state index is 2.35. The van der Waals surface area contributed by atoms with Crippen LogP contribution in [0.5, 0.6) is 0 Å². The molecule has 0 saturated heterocycles. The van der Waals surface area contributed by atoms with Gasteiger partial charge in [-0.2, -0.15) is 0 Å². The molecule has 2 rings (SSSR count). The summed E-state index contributed by atoms with van der Waals surface area (Å²) in [5.41, 5.74) is 2.97. The molecule has 0 aromatic heterocycles. The van der Waals surface area contributed by atoms with E-state index in [1.807, 2.05) is 0 Å². The first-order chi connectivity index (χ1) is 8.63. The molecule has 2 aromatic rings. The SMILES string of the molecule is CCc1ccc(CC(C)C(C)C)c2ccccc12. The summed E-state index contributed by atoms with van der Waals surface area (Å²) in [7, 11) is 0. The third kappa shape index (κ3) is 2.58. The lowest BCUT2D eigenvalue weighted by molar-refractivity contribution is 0.418. The van der Waals surface area contributed by atoms with Crippen molar-refractivity contribution < 1.29 is 0 Å². The smallest absolute Gasteiger partial charge is 0.0149 e. The number of fused-ring (bicyclic) bond motifs is 1. The van der Waals surface area contributed by atoms with Crippen molar-refractivity contribution in [2.75, 3.05) is 0 Å². The Balaban J connectivity index is 2.46. The van der Waals surface area contributed by atoms with Crippen molar-refractivity contribution in [3.63, 3.8) is 0 Å². The van der Waals surface area contributed by atoms with Crippen LogP contribution < -0.4 is 0 Å². The molecule has 0 saturated carbocycles. The molecule has 0 aliphatic rings. The minimum absolute atomic E-state index is 0.737. The van der Waals surface area contributed by atoms with Crippen LogP contribution >= 0.6 is 0 Å². The van der Waals surface area contributed by atoms with Crippen LogP contribution in [0.4, 0.5) is 0 Å². The minimum Gasteiger partial charge on any atom is -0.0625 e. The monoisotopic (exact) mass is 240 g/mol. The van der Waals surface area contributed by atoms with Gasteiger partial charge in [-0.05, 0) is 46.6 Å². The van der Waals surface area contributed by atoms with Crippen molar-refractivity contribution in [1.82, 2.24) is 0 Å². The number of benzene rings is 2. The lowest BCUT2D eigenvalue weighted by Gasteiger charge is -2.17. The van der Waals surface area contributed by atoms with Gasteiger partial charge in [-0.3, -0.25) is 0 Å². The molecular formula is C18H24. The summed E-state index contributed by atoms with van der Waals surface area (Å²) in [5, 5.41) is 2.89. The van der Waals surface area contributed by atoms with Gasteiger partial charge in [0.15, 0.2) is 0 Å². The summed E-state index contributed by atoms with van der Waals surface area (Å²) in [6, 6.07) is 13.5. The average molecular weight is 240 g/mol. The molecule has 0 amide bonds. The van der Waals surface area contributed by atoms with E-state index in [9.17, 15) is 0 Å². The van der Waals surface area contributed by atoms with Crippen LogP contribution in [0.25, 0.3) is 10.8 Å². The highest BCUT2D eigenvalue weighted by atomic mass is 14.2. The Hall–Kier alpha value is -1.30. The molecule has 0 nitrogen and oxygen atoms in total. The molecule has 0 radical (unpaired) electrons. The molecule has 0 bridgehead atoms. The molecule has 0 spiro atoms. The first-order valence-electron chi connectivity index (χ1n) is 7.13. The zero-order valence-corrected chi connectivity index (χ0v) is 12.0. The van der Waals surface area contributed by atoms with E-state index in [0.717, 1.165) is 18.3 Å². The van der Waals surface area contributed by atoms with Gasteiger partial charge in [0, 0.05) is 0 Å². The number of hydrogen-bond donors (Lipinski definition) is 0. The topological polar surface area (TPSA) is 0 Å². The second kappa shape index (κ2) is 5.56. The van der Waals surface area contributed by atoms with Gasteiger partial charge < -0.3 is 0 Å². The van der Waals surface area contributed by atoms with Crippen LogP contribution in [0.3, 0.4) is 0 Å². The lowest BCUT2D eigenvalue weighted by Crippen LogP contribution is -2.07. The van der Waals surface area contributed by atoms with E-state index in [1.54, 1.807) is 0 Å². The quantitative estimate of drug-likeness (QED) is 0.686. The molecule has 0 aliphatic carbocycles. The second-order valence-electron chi connectivity index (χ2n) is 5.71. The zero-order chi connectivity index (χ0) is 13.1. The van der Waals surface area contributed by atoms with Gasteiger partial charge in [-0.15, -0.1) is 0 Å². The summed E-state index contributed by atoms with van der Waals surface area (Å²) < 4.78 is 0. The van der Waals surface area contributed by atoms with Gasteiger partial charge in [-0.25, -0.2) is 0 Å². The third-order valence-electron chi connectivity index (χ3n) is 4.17. The highest BCUT2D eigenvalue weighted by Gasteiger charge is 2.11. The largest absolute Gasteiger partial charge is 0.0625 e. The number of hydrogen-bond acceptors (Lipinski definition) is 0. The third-order valence-corrected chi connectivity index (χ3v) is 4.17. The molecule has 96 valence electrons. The Kier molecular flexibility index (Phi) is 4.06. The molecule has 0 heterocycles. The van der Waals surface area contributed by atoms with E-state index < -0.39 is 0 Å². The molecule has 1 atom stereocenters. The fourth-order valence-corrected chi connectivity index (χ4v) is 2.49. The van der Waals surface area contributed by atoms with Crippen LogP contribution in [0.15, 0.2) is 36.4 Å². The van der Waals surface area contributed by atoms with Crippen molar-refractivity contribution in [3.8, 4) is 0 Å². The molecule has 2 aromatic carbocycles. The van der Waals surface area contributed by atoms with Crippen LogP contribution in [0.2, 0.25) is 0 Å². The predicted octanol–water partition coefficient (Wildman–Crippen LogP) is 5.24. The Labute approximate surface area is 111 Å². The first kappa shape index (κ1) is 13.1. The molecule has 1 unspecified atom stereocenters. The van der Waals surface area contributed by atoms with Crippen LogP contribution in [0.1, 0.15) is 38.8 Å². The van der Waals surface area contributed by atoms with Gasteiger partial charge in [0.2, 0.25) is 0 Å². The molecular weight excluding hydrogens is 216 g/mol. The van der Waals surface area contributed by atoms with Crippen molar-refractivity contribution >= 4 is 10.8 Å². The summed E-state index contributed by atoms with van der Waals surface area (Å²) in [6.07, 6.45) is 2.29. The van der Waals surface area contributed by atoms with Crippen LogP contribution in [-0.2, 0) is 12.8 Å². The average Bonchev–Trinajstić information content (AvgIpc) is 2.39. The lowest BCUT2D eigenvalue weighted by atomic mass is 9.88. The Bertz CT molecular complexity index is 523. The van der Waals surface area contributed by atoms with Gasteiger partial charge in [0.05, 0.1) is 0 Å². The van der Waals surface area contributed by atoms with E-state index in [0.29, 0.717) is 0 Å². The standard InChI is InChI=1S/C18H24/c1-5-15-10-11-16(12-14(4)13(2)3)18-9-7-6-8-17(15)18/h6-11,13-14H,5,12H2,1-4H3. The summed E-state index contributed by atoms with van der Waals surface area (Å²) in [5.74, 6) is 1.48. The first-order valence-corrected chi connectivity index (χ1v) is 7.13. The highest BCUT2D eigenvalue weighted by Crippen LogP contribution is 2.26. The number of aryl methyl sites for hydroxylation is 1. The zero-order valence-electron chi connectivity index (χ0n) is 12.0. The maximum atomic E-state index is 2.35. The van der Waals surface area contributed by atoms with Crippen LogP contribution in [-0.4, -0.2) is 0 Å². The van der Waals surface area contributed by atoms with Crippen LogP contribution in [0, 0.1) is 11.8 Å². The predicted molar refractivity (Wildman–Crippen MR) is 81.0 cm³/mol. The van der Waals surface area contributed by atoms with E-state index in [-0.39, 0.29) is 0 Å². The second-order valence-corrected chi connectivity index (χ2v) is 5.71. The molecule has 0 N–H and O–H groups in total. The Morgan fingerprint density at radius 3 is 1.94 bits per heavy atom. The summed E-state index contributed by atoms with van der Waals surface area (Å²) >= 11 is 0. The normalized spacial score (nSPS) is 13.2.